The third-order valence-electron chi connectivity index (χ3n) is 7.93. The zero-order valence-corrected chi connectivity index (χ0v) is 27.5. The second-order valence-electron chi connectivity index (χ2n) is 11.0. The Kier molecular flexibility index (Phi) is 8.68. The fraction of sp³-hybridized carbons (Fsp3) is 0.440. The number of halogens is 5. The van der Waals surface area contributed by atoms with Crippen LogP contribution in [0.3, 0.4) is 0 Å². The summed E-state index contributed by atoms with van der Waals surface area (Å²) in [6.45, 7) is 0.384. The van der Waals surface area contributed by atoms with Crippen molar-refractivity contribution in [2.24, 2.45) is 0 Å². The molecule has 3 saturated heterocycles. The van der Waals surface area contributed by atoms with Gasteiger partial charge in [0.1, 0.15) is 24.4 Å². The Balaban J connectivity index is 1.16. The van der Waals surface area contributed by atoms with Crippen LogP contribution >= 0.6 is 49.8 Å². The van der Waals surface area contributed by atoms with Crippen LogP contribution in [-0.4, -0.2) is 84.2 Å². The number of aromatic nitrogens is 4. The average molecular weight is 733 g/mol. The van der Waals surface area contributed by atoms with Crippen molar-refractivity contribution in [3.63, 3.8) is 0 Å². The molecule has 240 valence electrons. The van der Waals surface area contributed by atoms with Gasteiger partial charge in [-0.2, -0.15) is 0 Å². The van der Waals surface area contributed by atoms with Crippen LogP contribution in [0, 0.1) is 6.92 Å². The van der Waals surface area contributed by atoms with E-state index in [9.17, 15) is 9.13 Å². The maximum atomic E-state index is 16.1. The van der Waals surface area contributed by atoms with E-state index < -0.39 is 77.4 Å². The predicted molar refractivity (Wildman–Crippen MR) is 165 cm³/mol. The first-order chi connectivity index (χ1) is 21.7. The molecule has 12 nitrogen and oxygen atoms in total. The van der Waals surface area contributed by atoms with Gasteiger partial charge in [-0.05, 0) is 36.8 Å². The second kappa shape index (κ2) is 12.1. The van der Waals surface area contributed by atoms with Gasteiger partial charge in [-0.3, -0.25) is 9.13 Å². The molecule has 0 saturated carbocycles. The van der Waals surface area contributed by atoms with E-state index in [0.29, 0.717) is 32.7 Å². The summed E-state index contributed by atoms with van der Waals surface area (Å²) in [7, 11) is 2.60. The number of alkyl halides is 2. The van der Waals surface area contributed by atoms with Crippen molar-refractivity contribution in [1.29, 1.82) is 0 Å². The van der Waals surface area contributed by atoms with Gasteiger partial charge in [0.25, 0.3) is 14.9 Å². The van der Waals surface area contributed by atoms with E-state index in [2.05, 4.69) is 9.97 Å². The van der Waals surface area contributed by atoms with Crippen LogP contribution in [0.25, 0.3) is 22.1 Å². The highest BCUT2D eigenvalue weighted by Crippen LogP contribution is 2.54. The molecule has 7 rings (SSSR count). The minimum absolute atomic E-state index is 0.179. The van der Waals surface area contributed by atoms with Gasteiger partial charge in [0.2, 0.25) is 15.1 Å². The predicted octanol–water partition coefficient (Wildman–Crippen LogP) is 6.20. The van der Waals surface area contributed by atoms with Gasteiger partial charge in [0, 0.05) is 5.02 Å². The van der Waals surface area contributed by atoms with E-state index in [4.69, 9.17) is 77.5 Å². The molecule has 5 heterocycles. The largest absolute Gasteiger partial charge is 0.346 e. The summed E-state index contributed by atoms with van der Waals surface area (Å²) in [4.78, 5) is 8.45. The standard InChI is InChI=1S/C25H21B2Cl3F2N4O8P2/c1-10-2-16-14(3-11(10)28)33-8-35(16)24-20(31)22-18(41-24)6-39-46(27,38)44-23-19(7-40-45(26,37)43-22)42-25(21(23)32)36-9-34-15-4-12(29)13(30)5-17(15)36/h2-5,8-9,18-25H,6-7H2,1H3/t18-,19-,20+,21?,22?,23+,24-,25-,45?,46?/m1/s1. The van der Waals surface area contributed by atoms with E-state index in [-0.39, 0.29) is 10.0 Å². The van der Waals surface area contributed by atoms with Crippen molar-refractivity contribution in [3.8, 4) is 0 Å². The van der Waals surface area contributed by atoms with Crippen molar-refractivity contribution in [2.75, 3.05) is 13.2 Å². The summed E-state index contributed by atoms with van der Waals surface area (Å²) in [6.07, 6.45) is -10.3. The van der Waals surface area contributed by atoms with E-state index in [1.165, 1.54) is 33.9 Å². The normalized spacial score (nSPS) is 37.2. The van der Waals surface area contributed by atoms with Gasteiger partial charge in [0.15, 0.2) is 24.8 Å². The Morgan fingerprint density at radius 1 is 0.761 bits per heavy atom. The number of hydrogen-bond donors (Lipinski definition) is 0. The maximum absolute atomic E-state index is 16.1. The highest BCUT2D eigenvalue weighted by molar-refractivity contribution is 7.79. The highest BCUT2D eigenvalue weighted by atomic mass is 35.5. The van der Waals surface area contributed by atoms with Crippen LogP contribution in [0.2, 0.25) is 15.1 Å². The molecule has 46 heavy (non-hydrogen) atoms. The SMILES string of the molecule is [B]P1(=O)OC[C@H]2O[C@@H](n3cnc4cc(Cl)c(Cl)cc43)C(F)[C@H]2OP([B])(=O)OC[C@H]2O[C@@H](n3cnc4cc(Cl)c(C)cc43)[C@@H](F)C2O1. The number of benzene rings is 2. The van der Waals surface area contributed by atoms with E-state index in [1.54, 1.807) is 19.1 Å². The molecular weight excluding hydrogens is 712 g/mol. The zero-order valence-electron chi connectivity index (χ0n) is 23.5. The Morgan fingerprint density at radius 2 is 1.20 bits per heavy atom. The molecule has 0 N–H and O–H groups in total. The summed E-state index contributed by atoms with van der Waals surface area (Å²) in [5.74, 6) is 0. The Labute approximate surface area is 277 Å². The Hall–Kier alpha value is -1.54. The molecule has 3 aliphatic rings. The summed E-state index contributed by atoms with van der Waals surface area (Å²) in [5, 5.41) is 0.872. The molecule has 3 aliphatic heterocycles. The van der Waals surface area contributed by atoms with E-state index >= 15 is 8.78 Å². The second-order valence-corrected chi connectivity index (χ2v) is 15.3. The number of imidazole rings is 2. The van der Waals surface area contributed by atoms with Crippen LogP contribution in [0.15, 0.2) is 36.9 Å². The van der Waals surface area contributed by atoms with Gasteiger partial charge in [-0.15, -0.1) is 0 Å². The summed E-state index contributed by atoms with van der Waals surface area (Å²) in [6, 6.07) is 6.25. The van der Waals surface area contributed by atoms with Crippen LogP contribution in [-0.2, 0) is 36.7 Å². The molecular formula is C25H21B2Cl3F2N4O8P2. The summed E-state index contributed by atoms with van der Waals surface area (Å²) in [5.41, 5.74) is 2.39. The molecule has 0 aliphatic carbocycles. The summed E-state index contributed by atoms with van der Waals surface area (Å²) < 4.78 is 94.9. The number of hydrogen-bond acceptors (Lipinski definition) is 10. The molecule has 4 unspecified atom stereocenters. The number of aryl methyl sites for hydroxylation is 1. The number of ether oxygens (including phenoxy) is 2. The smallest absolute Gasteiger partial charge is 0.264 e. The maximum Gasteiger partial charge on any atom is 0.264 e. The molecule has 2 aromatic heterocycles. The minimum Gasteiger partial charge on any atom is -0.346 e. The van der Waals surface area contributed by atoms with Gasteiger partial charge >= 0.3 is 0 Å². The van der Waals surface area contributed by atoms with Gasteiger partial charge in [-0.1, -0.05) is 34.8 Å². The third-order valence-corrected chi connectivity index (χ3v) is 11.2. The number of fused-ring (bicyclic) bond motifs is 4. The lowest BCUT2D eigenvalue weighted by Gasteiger charge is -2.29. The monoisotopic (exact) mass is 732 g/mol. The van der Waals surface area contributed by atoms with Gasteiger partial charge in [0.05, 0.1) is 58.0 Å². The van der Waals surface area contributed by atoms with Gasteiger partial charge in [-0.25, -0.2) is 18.7 Å². The summed E-state index contributed by atoms with van der Waals surface area (Å²) >= 11 is 18.4. The van der Waals surface area contributed by atoms with Crippen LogP contribution in [0.4, 0.5) is 8.78 Å². The first kappa shape index (κ1) is 33.0. The van der Waals surface area contributed by atoms with Crippen LogP contribution in [0.1, 0.15) is 18.0 Å². The molecule has 3 fully saturated rings. The molecule has 21 heteroatoms. The lowest BCUT2D eigenvalue weighted by atomic mass is 10.1. The zero-order chi connectivity index (χ0) is 32.7. The van der Waals surface area contributed by atoms with Crippen LogP contribution < -0.4 is 0 Å². The molecule has 2 aromatic carbocycles. The lowest BCUT2D eigenvalue weighted by Crippen LogP contribution is -2.37. The van der Waals surface area contributed by atoms with Crippen molar-refractivity contribution >= 4 is 86.9 Å². The molecule has 4 radical (unpaired) electrons. The molecule has 10 atom stereocenters. The number of rotatable bonds is 2. The Bertz CT molecular complexity index is 1810. The number of nitrogens with zero attached hydrogens (tertiary/aromatic N) is 4. The first-order valence-electron chi connectivity index (χ1n) is 13.7. The quantitative estimate of drug-likeness (QED) is 0.174. The van der Waals surface area contributed by atoms with Crippen molar-refractivity contribution in [3.05, 3.63) is 57.6 Å². The molecule has 0 amide bonds. The van der Waals surface area contributed by atoms with Gasteiger partial charge < -0.3 is 36.7 Å². The fourth-order valence-electron chi connectivity index (χ4n) is 5.69. The van der Waals surface area contributed by atoms with Crippen LogP contribution in [0.5, 0.6) is 0 Å². The van der Waals surface area contributed by atoms with Crippen molar-refractivity contribution < 1.29 is 45.5 Å². The van der Waals surface area contributed by atoms with Crippen molar-refractivity contribution in [2.45, 2.75) is 56.1 Å². The topological polar surface area (TPSA) is 125 Å². The Morgan fingerprint density at radius 3 is 1.70 bits per heavy atom. The molecule has 0 bridgehead atoms. The van der Waals surface area contributed by atoms with Crippen molar-refractivity contribution in [1.82, 2.24) is 19.1 Å². The van der Waals surface area contributed by atoms with E-state index in [1.807, 2.05) is 0 Å². The lowest BCUT2D eigenvalue weighted by molar-refractivity contribution is -0.0546. The molecule has 0 spiro atoms. The molecule has 4 aromatic rings. The fourth-order valence-corrected chi connectivity index (χ4v) is 8.18. The highest BCUT2D eigenvalue weighted by Gasteiger charge is 2.53. The first-order valence-corrected chi connectivity index (χ1v) is 18.0. The van der Waals surface area contributed by atoms with E-state index in [0.717, 1.165) is 0 Å². The average Bonchev–Trinajstić information content (AvgIpc) is 3.72. The minimum atomic E-state index is -4.57. The third kappa shape index (κ3) is 5.98.